The van der Waals surface area contributed by atoms with E-state index in [2.05, 4.69) is 48.0 Å². The van der Waals surface area contributed by atoms with E-state index in [1.54, 1.807) is 0 Å². The molecule has 0 spiro atoms. The smallest absolute Gasteiger partial charge is 0 e. The summed E-state index contributed by atoms with van der Waals surface area (Å²) in [6.45, 7) is 0. The van der Waals surface area contributed by atoms with Crippen LogP contribution in [-0.2, 0) is 21.7 Å². The molecule has 0 N–H and O–H groups in total. The van der Waals surface area contributed by atoms with Gasteiger partial charge in [0, 0.05) is 21.7 Å². The quantitative estimate of drug-likeness (QED) is 0.127. The summed E-state index contributed by atoms with van der Waals surface area (Å²) >= 11 is 0. The topological polar surface area (TPSA) is 0 Å². The van der Waals surface area contributed by atoms with Crippen LogP contribution in [0.1, 0.15) is 6.42 Å². The van der Waals surface area contributed by atoms with Crippen LogP contribution in [0.3, 0.4) is 0 Å². The molecule has 1 aliphatic carbocycles. The zero-order chi connectivity index (χ0) is 24.0. The number of benzene rings is 4. The number of allylic oxidation sites excluding steroid dienone is 4. The molecule has 6 rings (SSSR count). The maximum Gasteiger partial charge on any atom is 0 e. The van der Waals surface area contributed by atoms with Gasteiger partial charge in [-0.05, 0) is 0 Å². The van der Waals surface area contributed by atoms with Crippen LogP contribution < -0.4 is 0 Å². The zero-order valence-corrected chi connectivity index (χ0v) is 24.7. The van der Waals surface area contributed by atoms with Gasteiger partial charge in [-0.15, -0.1) is 31.2 Å². The average Bonchev–Trinajstić information content (AvgIpc) is 3.74. The maximum atomic E-state index is 3.01. The average molecular weight is 577 g/mol. The summed E-state index contributed by atoms with van der Waals surface area (Å²) in [5.74, 6) is 5.11. The fourth-order valence-electron chi connectivity index (χ4n) is 1.95. The number of hydrogen-bond donors (Lipinski definition) is 0. The fraction of sp³-hybridized carbons (Fsp3) is 0.0303. The van der Waals surface area contributed by atoms with Crippen molar-refractivity contribution >= 4 is 33.0 Å². The number of rotatable bonds is 0. The molecule has 37 heavy (non-hydrogen) atoms. The molecule has 0 amide bonds. The Labute approximate surface area is 253 Å². The largest absolute Gasteiger partial charge is 0.273 e. The molecule has 0 fully saturated rings. The first-order valence-corrected chi connectivity index (χ1v) is 11.9. The van der Waals surface area contributed by atoms with Crippen molar-refractivity contribution in [3.05, 3.63) is 194 Å². The summed E-state index contributed by atoms with van der Waals surface area (Å²) in [5.41, 5.74) is 0. The summed E-state index contributed by atoms with van der Waals surface area (Å²) in [4.78, 5) is 0. The Bertz CT molecular complexity index is 749. The number of halogens is 2. The van der Waals surface area contributed by atoms with Crippen molar-refractivity contribution in [1.29, 1.82) is 0 Å². The third kappa shape index (κ3) is 33.4. The minimum atomic E-state index is 0. The van der Waals surface area contributed by atoms with Crippen LogP contribution >= 0.6 is 33.0 Å². The van der Waals surface area contributed by atoms with Gasteiger partial charge in [-0.1, -0.05) is 0 Å². The van der Waals surface area contributed by atoms with Crippen LogP contribution in [-0.4, -0.2) is 0 Å². The molecule has 0 saturated carbocycles. The second-order valence-electron chi connectivity index (χ2n) is 6.13. The van der Waals surface area contributed by atoms with Gasteiger partial charge < -0.3 is 0 Å². The molecule has 4 heteroatoms. The van der Waals surface area contributed by atoms with Crippen LogP contribution in [0.4, 0.5) is 0 Å². The second kappa shape index (κ2) is 35.6. The standard InChI is InChI=1S/4C6H5.C5H5.C4H4P.2ClH.Ti/c4*1-2-4-6-5-3-1;2*1-2-4-5-3-1;;;/h4*1-5H;1-3H,4H2;1-3,5H;2*1H;/q6*-1;;;. The van der Waals surface area contributed by atoms with E-state index in [0.29, 0.717) is 0 Å². The van der Waals surface area contributed by atoms with Gasteiger partial charge in [-0.3, -0.25) is 14.3 Å². The van der Waals surface area contributed by atoms with Crippen LogP contribution in [0.15, 0.2) is 157 Å². The van der Waals surface area contributed by atoms with E-state index in [9.17, 15) is 0 Å². The Morgan fingerprint density at radius 3 is 0.919 bits per heavy atom. The summed E-state index contributed by atoms with van der Waals surface area (Å²) in [6, 6.07) is 54.0. The second-order valence-corrected chi connectivity index (χ2v) is 7.04. The van der Waals surface area contributed by atoms with Crippen LogP contribution in [0, 0.1) is 36.1 Å². The third-order valence-corrected chi connectivity index (χ3v) is 4.15. The SMILES string of the molecule is Cl.Cl.[C-]1=CC=CC1.[Ti].[c-]1ccc[pH]1.[c-]1ccccc1.[c-]1ccccc1.[c-]1ccccc1.[c-]1ccccc1. The van der Waals surface area contributed by atoms with Crippen molar-refractivity contribution in [2.75, 3.05) is 0 Å². The molecule has 0 bridgehead atoms. The van der Waals surface area contributed by atoms with Crippen molar-refractivity contribution in [3.63, 3.8) is 0 Å². The minimum Gasteiger partial charge on any atom is -0.273 e. The van der Waals surface area contributed by atoms with Crippen molar-refractivity contribution in [2.45, 2.75) is 6.42 Å². The Morgan fingerprint density at radius 1 is 0.459 bits per heavy atom. The van der Waals surface area contributed by atoms with Crippen molar-refractivity contribution < 1.29 is 21.7 Å². The molecule has 5 aromatic rings. The van der Waals surface area contributed by atoms with Crippen molar-refractivity contribution in [3.8, 4) is 0 Å². The number of hydrogen-bond acceptors (Lipinski definition) is 0. The van der Waals surface area contributed by atoms with E-state index in [4.69, 9.17) is 0 Å². The van der Waals surface area contributed by atoms with E-state index >= 15 is 0 Å². The van der Waals surface area contributed by atoms with E-state index in [-0.39, 0.29) is 46.5 Å². The van der Waals surface area contributed by atoms with E-state index in [1.165, 1.54) is 0 Å². The van der Waals surface area contributed by atoms with E-state index in [0.717, 1.165) is 14.6 Å². The van der Waals surface area contributed by atoms with Gasteiger partial charge in [0.2, 0.25) is 0 Å². The molecule has 0 radical (unpaired) electrons. The van der Waals surface area contributed by atoms with Crippen LogP contribution in [0.2, 0.25) is 0 Å². The molecule has 192 valence electrons. The van der Waals surface area contributed by atoms with E-state index in [1.807, 2.05) is 146 Å². The third-order valence-electron chi connectivity index (χ3n) is 3.46. The zero-order valence-electron chi connectivity index (χ0n) is 20.5. The first kappa shape index (κ1) is 39.0. The van der Waals surface area contributed by atoms with Crippen LogP contribution in [0.5, 0.6) is 0 Å². The molecule has 1 aromatic heterocycles. The molecular formula is C33H31Cl2PTi-6. The predicted octanol–water partition coefficient (Wildman–Crippen LogP) is 9.61. The maximum absolute atomic E-state index is 3.01. The summed E-state index contributed by atoms with van der Waals surface area (Å²) in [7, 11) is 0.823. The van der Waals surface area contributed by atoms with Gasteiger partial charge in [0.25, 0.3) is 0 Å². The minimum absolute atomic E-state index is 0. The summed E-state index contributed by atoms with van der Waals surface area (Å²) in [5, 5.41) is 0. The van der Waals surface area contributed by atoms with Crippen molar-refractivity contribution in [1.82, 2.24) is 0 Å². The Kier molecular flexibility index (Phi) is 37.5. The molecule has 1 atom stereocenters. The van der Waals surface area contributed by atoms with Crippen LogP contribution in [0.25, 0.3) is 0 Å². The van der Waals surface area contributed by atoms with Gasteiger partial charge in [0.15, 0.2) is 0 Å². The molecule has 1 unspecified atom stereocenters. The van der Waals surface area contributed by atoms with Gasteiger partial charge >= 0.3 is 0 Å². The first-order valence-electron chi connectivity index (χ1n) is 10.9. The summed E-state index contributed by atoms with van der Waals surface area (Å²) < 4.78 is 0. The van der Waals surface area contributed by atoms with Gasteiger partial charge in [0.05, 0.1) is 0 Å². The molecule has 1 aliphatic rings. The Balaban J connectivity index is -0.000000369. The Morgan fingerprint density at radius 2 is 0.838 bits per heavy atom. The van der Waals surface area contributed by atoms with Gasteiger partial charge in [-0.25, -0.2) is 18.2 Å². The summed E-state index contributed by atoms with van der Waals surface area (Å²) in [6.07, 6.45) is 10.0. The Hall–Kier alpha value is -2.57. The molecule has 1 heterocycles. The molecular weight excluding hydrogens is 546 g/mol. The first-order chi connectivity index (χ1) is 17.0. The molecule has 0 aliphatic heterocycles. The normalized spacial score (nSPS) is 8.86. The van der Waals surface area contributed by atoms with Crippen molar-refractivity contribution in [2.24, 2.45) is 0 Å². The van der Waals surface area contributed by atoms with Gasteiger partial charge in [-0.2, -0.15) is 169 Å². The molecule has 0 nitrogen and oxygen atoms in total. The van der Waals surface area contributed by atoms with E-state index < -0.39 is 0 Å². The monoisotopic (exact) mass is 576 g/mol. The van der Waals surface area contributed by atoms with Gasteiger partial charge in [0.1, 0.15) is 0 Å². The predicted molar refractivity (Wildman–Crippen MR) is 162 cm³/mol. The fourth-order valence-corrected chi connectivity index (χ4v) is 2.43. The molecule has 4 aromatic carbocycles. The molecule has 0 saturated heterocycles.